The standard InChI is InChI=1S/C15H32N2/c1-6-9-10-11-12-13-14(16)15(4,5)17(7-2)8-3/h6,14H,1,7-13,16H2,2-5H3. The predicted molar refractivity (Wildman–Crippen MR) is 78.3 cm³/mol. The molecule has 0 aromatic heterocycles. The number of nitrogens with zero attached hydrogens (tertiary/aromatic N) is 1. The van der Waals surface area contributed by atoms with E-state index in [2.05, 4.69) is 39.2 Å². The summed E-state index contributed by atoms with van der Waals surface area (Å²) in [4.78, 5) is 2.46. The highest BCUT2D eigenvalue weighted by molar-refractivity contribution is 4.90. The number of hydrogen-bond acceptors (Lipinski definition) is 2. The van der Waals surface area contributed by atoms with Crippen molar-refractivity contribution in [1.82, 2.24) is 4.90 Å². The van der Waals surface area contributed by atoms with Crippen molar-refractivity contribution in [3.63, 3.8) is 0 Å². The van der Waals surface area contributed by atoms with Gasteiger partial charge in [-0.25, -0.2) is 0 Å². The van der Waals surface area contributed by atoms with Crippen molar-refractivity contribution in [3.8, 4) is 0 Å². The molecule has 1 atom stereocenters. The van der Waals surface area contributed by atoms with Crippen LogP contribution >= 0.6 is 0 Å². The van der Waals surface area contributed by atoms with Gasteiger partial charge in [0, 0.05) is 11.6 Å². The van der Waals surface area contributed by atoms with Crippen LogP contribution in [-0.4, -0.2) is 29.6 Å². The third-order valence-electron chi connectivity index (χ3n) is 3.91. The smallest absolute Gasteiger partial charge is 0.0303 e. The Balaban J connectivity index is 4.01. The third-order valence-corrected chi connectivity index (χ3v) is 3.91. The average Bonchev–Trinajstić information content (AvgIpc) is 2.29. The van der Waals surface area contributed by atoms with Crippen LogP contribution in [0.1, 0.15) is 59.8 Å². The van der Waals surface area contributed by atoms with Gasteiger partial charge in [-0.1, -0.05) is 32.8 Å². The monoisotopic (exact) mass is 240 g/mol. The molecule has 0 amide bonds. The highest BCUT2D eigenvalue weighted by Gasteiger charge is 2.30. The molecule has 0 aliphatic heterocycles. The summed E-state index contributed by atoms with van der Waals surface area (Å²) < 4.78 is 0. The summed E-state index contributed by atoms with van der Waals surface area (Å²) in [6, 6.07) is 0.270. The summed E-state index contributed by atoms with van der Waals surface area (Å²) in [5, 5.41) is 0. The van der Waals surface area contributed by atoms with Crippen LogP contribution < -0.4 is 5.73 Å². The molecule has 1 unspecified atom stereocenters. The van der Waals surface area contributed by atoms with Gasteiger partial charge in [0.1, 0.15) is 0 Å². The van der Waals surface area contributed by atoms with E-state index in [0.717, 1.165) is 25.9 Å². The maximum Gasteiger partial charge on any atom is 0.0303 e. The Hall–Kier alpha value is -0.340. The molecule has 0 saturated carbocycles. The summed E-state index contributed by atoms with van der Waals surface area (Å²) in [6.07, 6.45) is 8.02. The first-order valence-corrected chi connectivity index (χ1v) is 7.12. The van der Waals surface area contributed by atoms with Crippen LogP contribution in [0.3, 0.4) is 0 Å². The third kappa shape index (κ3) is 5.69. The van der Waals surface area contributed by atoms with Crippen molar-refractivity contribution < 1.29 is 0 Å². The fourth-order valence-electron chi connectivity index (χ4n) is 2.46. The Kier molecular flexibility index (Phi) is 8.53. The van der Waals surface area contributed by atoms with Crippen LogP contribution in [0, 0.1) is 0 Å². The van der Waals surface area contributed by atoms with Crippen LogP contribution in [0.4, 0.5) is 0 Å². The van der Waals surface area contributed by atoms with Crippen LogP contribution in [0.25, 0.3) is 0 Å². The maximum absolute atomic E-state index is 6.36. The van der Waals surface area contributed by atoms with Gasteiger partial charge in [-0.3, -0.25) is 4.90 Å². The van der Waals surface area contributed by atoms with E-state index in [9.17, 15) is 0 Å². The number of allylic oxidation sites excluding steroid dienone is 1. The second-order valence-electron chi connectivity index (χ2n) is 5.36. The molecule has 0 aromatic rings. The lowest BCUT2D eigenvalue weighted by molar-refractivity contribution is 0.102. The quantitative estimate of drug-likeness (QED) is 0.467. The van der Waals surface area contributed by atoms with Gasteiger partial charge in [0.15, 0.2) is 0 Å². The lowest BCUT2D eigenvalue weighted by Gasteiger charge is -2.42. The number of rotatable bonds is 10. The molecular formula is C15H32N2. The van der Waals surface area contributed by atoms with Crippen molar-refractivity contribution in [1.29, 1.82) is 0 Å². The number of nitrogens with two attached hydrogens (primary N) is 1. The summed E-state index contributed by atoms with van der Waals surface area (Å²) in [6.45, 7) is 14.9. The first kappa shape index (κ1) is 16.7. The molecular weight excluding hydrogens is 208 g/mol. The Bertz CT molecular complexity index is 195. The molecule has 2 heteroatoms. The Morgan fingerprint density at radius 1 is 1.18 bits per heavy atom. The molecule has 0 heterocycles. The fraction of sp³-hybridized carbons (Fsp3) is 0.867. The van der Waals surface area contributed by atoms with Crippen LogP contribution in [-0.2, 0) is 0 Å². The van der Waals surface area contributed by atoms with Gasteiger partial charge in [-0.15, -0.1) is 6.58 Å². The molecule has 102 valence electrons. The number of hydrogen-bond donors (Lipinski definition) is 1. The minimum absolute atomic E-state index is 0.113. The lowest BCUT2D eigenvalue weighted by Crippen LogP contribution is -2.55. The highest BCUT2D eigenvalue weighted by Crippen LogP contribution is 2.21. The van der Waals surface area contributed by atoms with Crippen molar-refractivity contribution in [2.24, 2.45) is 5.73 Å². The van der Waals surface area contributed by atoms with Crippen LogP contribution in [0.5, 0.6) is 0 Å². The molecule has 0 radical (unpaired) electrons. The van der Waals surface area contributed by atoms with Gasteiger partial charge in [-0.2, -0.15) is 0 Å². The normalized spacial score (nSPS) is 14.0. The summed E-state index contributed by atoms with van der Waals surface area (Å²) >= 11 is 0. The van der Waals surface area contributed by atoms with E-state index in [-0.39, 0.29) is 11.6 Å². The van der Waals surface area contributed by atoms with Crippen molar-refractivity contribution in [2.45, 2.75) is 71.4 Å². The van der Waals surface area contributed by atoms with Gasteiger partial charge in [0.25, 0.3) is 0 Å². The van der Waals surface area contributed by atoms with Crippen LogP contribution in [0.15, 0.2) is 12.7 Å². The van der Waals surface area contributed by atoms with Crippen molar-refractivity contribution in [3.05, 3.63) is 12.7 Å². The van der Waals surface area contributed by atoms with Crippen LogP contribution in [0.2, 0.25) is 0 Å². The molecule has 0 bridgehead atoms. The first-order valence-electron chi connectivity index (χ1n) is 7.12. The molecule has 0 rings (SSSR count). The van der Waals surface area contributed by atoms with E-state index in [0.29, 0.717) is 0 Å². The second-order valence-corrected chi connectivity index (χ2v) is 5.36. The zero-order chi connectivity index (χ0) is 13.3. The summed E-state index contributed by atoms with van der Waals surface area (Å²) in [7, 11) is 0. The van der Waals surface area contributed by atoms with E-state index in [1.165, 1.54) is 19.3 Å². The highest BCUT2D eigenvalue weighted by atomic mass is 15.2. The topological polar surface area (TPSA) is 29.3 Å². The molecule has 0 aromatic carbocycles. The average molecular weight is 240 g/mol. The molecule has 2 nitrogen and oxygen atoms in total. The summed E-state index contributed by atoms with van der Waals surface area (Å²) in [5.74, 6) is 0. The SMILES string of the molecule is C=CCCCCCC(N)C(C)(C)N(CC)CC. The van der Waals surface area contributed by atoms with Gasteiger partial charge < -0.3 is 5.73 Å². The van der Waals surface area contributed by atoms with Crippen molar-refractivity contribution in [2.75, 3.05) is 13.1 Å². The summed E-state index contributed by atoms with van der Waals surface area (Å²) in [5.41, 5.74) is 6.47. The molecule has 2 N–H and O–H groups in total. The van der Waals surface area contributed by atoms with E-state index < -0.39 is 0 Å². The van der Waals surface area contributed by atoms with Gasteiger partial charge in [0.2, 0.25) is 0 Å². The van der Waals surface area contributed by atoms with Gasteiger partial charge >= 0.3 is 0 Å². The molecule has 17 heavy (non-hydrogen) atoms. The van der Waals surface area contributed by atoms with E-state index in [1.54, 1.807) is 0 Å². The fourth-order valence-corrected chi connectivity index (χ4v) is 2.46. The molecule has 0 aliphatic rings. The van der Waals surface area contributed by atoms with E-state index in [1.807, 2.05) is 6.08 Å². The van der Waals surface area contributed by atoms with Gasteiger partial charge in [-0.05, 0) is 46.2 Å². The molecule has 0 saturated heterocycles. The number of likely N-dealkylation sites (N-methyl/N-ethyl adjacent to an activating group) is 1. The minimum atomic E-state index is 0.113. The maximum atomic E-state index is 6.36. The zero-order valence-electron chi connectivity index (χ0n) is 12.3. The predicted octanol–water partition coefficient (Wildman–Crippen LogP) is 3.57. The first-order chi connectivity index (χ1) is 8.00. The molecule has 0 spiro atoms. The van der Waals surface area contributed by atoms with Gasteiger partial charge in [0.05, 0.1) is 0 Å². The van der Waals surface area contributed by atoms with Crippen molar-refractivity contribution >= 4 is 0 Å². The minimum Gasteiger partial charge on any atom is -0.326 e. The Morgan fingerprint density at radius 2 is 1.76 bits per heavy atom. The Morgan fingerprint density at radius 3 is 2.24 bits per heavy atom. The largest absolute Gasteiger partial charge is 0.326 e. The lowest BCUT2D eigenvalue weighted by atomic mass is 9.89. The second kappa shape index (κ2) is 8.71. The van der Waals surface area contributed by atoms with E-state index in [4.69, 9.17) is 5.73 Å². The molecule has 0 aliphatic carbocycles. The van der Waals surface area contributed by atoms with E-state index >= 15 is 0 Å². The zero-order valence-corrected chi connectivity index (χ0v) is 12.3. The molecule has 0 fully saturated rings. The number of unbranched alkanes of at least 4 members (excludes halogenated alkanes) is 3. The Labute approximate surface area is 108 Å².